The lowest BCUT2D eigenvalue weighted by Gasteiger charge is -2.04. The smallest absolute Gasteiger partial charge is 0.283 e. The molecule has 0 saturated carbocycles. The first-order chi connectivity index (χ1) is 13.0. The number of nitrogens with zero attached hydrogens (tertiary/aromatic N) is 1. The van der Waals surface area contributed by atoms with Gasteiger partial charge in [-0.25, -0.2) is 5.43 Å². The van der Waals surface area contributed by atoms with Gasteiger partial charge >= 0.3 is 0 Å². The number of hydrogen-bond acceptors (Lipinski definition) is 4. The summed E-state index contributed by atoms with van der Waals surface area (Å²) in [5.74, 6) is -0.338. The normalized spacial score (nSPS) is 11.5. The van der Waals surface area contributed by atoms with Crippen LogP contribution in [0.2, 0.25) is 10.0 Å². The molecule has 0 aliphatic rings. The molecule has 134 valence electrons. The molecule has 4 aromatic rings. The van der Waals surface area contributed by atoms with Crippen LogP contribution in [0.5, 0.6) is 5.75 Å². The molecule has 0 spiro atoms. The van der Waals surface area contributed by atoms with Crippen LogP contribution in [0.3, 0.4) is 0 Å². The predicted molar refractivity (Wildman–Crippen MR) is 113 cm³/mol. The monoisotopic (exact) mass is 414 g/mol. The number of carbonyl (C=O) groups is 1. The van der Waals surface area contributed by atoms with E-state index in [1.54, 1.807) is 24.3 Å². The summed E-state index contributed by atoms with van der Waals surface area (Å²) in [6, 6.07) is 16.3. The number of aromatic hydroxyl groups is 1. The molecule has 0 unspecified atom stereocenters. The zero-order chi connectivity index (χ0) is 19.0. The summed E-state index contributed by atoms with van der Waals surface area (Å²) in [4.78, 5) is 12.8. The van der Waals surface area contributed by atoms with Gasteiger partial charge in [0.15, 0.2) is 0 Å². The summed E-state index contributed by atoms with van der Waals surface area (Å²) in [7, 11) is 0. The molecule has 1 aromatic heterocycles. The fourth-order valence-electron chi connectivity index (χ4n) is 2.81. The first-order valence-corrected chi connectivity index (χ1v) is 9.53. The molecule has 2 N–H and O–H groups in total. The van der Waals surface area contributed by atoms with Crippen molar-refractivity contribution in [2.75, 3.05) is 0 Å². The maximum Gasteiger partial charge on any atom is 0.283 e. The van der Waals surface area contributed by atoms with Crippen LogP contribution in [0, 0.1) is 0 Å². The minimum Gasteiger partial charge on any atom is -0.507 e. The molecule has 0 fully saturated rings. The molecule has 4 rings (SSSR count). The molecule has 4 nitrogen and oxygen atoms in total. The number of nitrogens with one attached hydrogen (secondary N) is 1. The lowest BCUT2D eigenvalue weighted by molar-refractivity contribution is 0.0959. The first kappa shape index (κ1) is 17.8. The summed E-state index contributed by atoms with van der Waals surface area (Å²) >= 11 is 13.6. The third-order valence-electron chi connectivity index (χ3n) is 4.11. The molecule has 27 heavy (non-hydrogen) atoms. The number of benzene rings is 3. The maximum atomic E-state index is 12.5. The van der Waals surface area contributed by atoms with E-state index in [1.165, 1.54) is 17.6 Å². The van der Waals surface area contributed by atoms with Gasteiger partial charge in [-0.1, -0.05) is 59.6 Å². The summed E-state index contributed by atoms with van der Waals surface area (Å²) in [6.07, 6.45) is 1.42. The Balaban J connectivity index is 1.62. The highest BCUT2D eigenvalue weighted by Gasteiger charge is 2.17. The molecule has 7 heteroatoms. The van der Waals surface area contributed by atoms with Gasteiger partial charge in [-0.3, -0.25) is 4.79 Å². The minimum absolute atomic E-state index is 0.0845. The minimum atomic E-state index is -0.423. The highest BCUT2D eigenvalue weighted by atomic mass is 35.5. The van der Waals surface area contributed by atoms with Crippen molar-refractivity contribution in [3.63, 3.8) is 0 Å². The Morgan fingerprint density at radius 3 is 2.74 bits per heavy atom. The lowest BCUT2D eigenvalue weighted by atomic mass is 10.0. The molecule has 0 atom stereocenters. The predicted octanol–water partition coefficient (Wildman–Crippen LogP) is 5.83. The molecule has 0 saturated heterocycles. The number of halogens is 2. The maximum absolute atomic E-state index is 12.5. The molecule has 0 aliphatic heterocycles. The summed E-state index contributed by atoms with van der Waals surface area (Å²) in [5, 5.41) is 17.6. The second-order valence-electron chi connectivity index (χ2n) is 5.80. The van der Waals surface area contributed by atoms with E-state index in [-0.39, 0.29) is 5.75 Å². The van der Waals surface area contributed by atoms with Gasteiger partial charge in [-0.05, 0) is 29.0 Å². The number of phenolic OH excluding ortho intramolecular Hbond substituents is 1. The fourth-order valence-corrected chi connectivity index (χ4v) is 4.49. The van der Waals surface area contributed by atoms with Crippen LogP contribution >= 0.6 is 34.5 Å². The lowest BCUT2D eigenvalue weighted by Crippen LogP contribution is -2.16. The van der Waals surface area contributed by atoms with Gasteiger partial charge in [0.05, 0.1) is 11.2 Å². The highest BCUT2D eigenvalue weighted by molar-refractivity contribution is 7.21. The highest BCUT2D eigenvalue weighted by Crippen LogP contribution is 2.36. The van der Waals surface area contributed by atoms with Crippen molar-refractivity contribution >= 4 is 67.5 Å². The van der Waals surface area contributed by atoms with E-state index in [0.29, 0.717) is 20.5 Å². The fraction of sp³-hybridized carbons (Fsp3) is 0. The zero-order valence-corrected chi connectivity index (χ0v) is 16.1. The van der Waals surface area contributed by atoms with Gasteiger partial charge in [-0.2, -0.15) is 5.10 Å². The molecular weight excluding hydrogens is 403 g/mol. The third kappa shape index (κ3) is 3.37. The van der Waals surface area contributed by atoms with Crippen LogP contribution < -0.4 is 5.43 Å². The van der Waals surface area contributed by atoms with Crippen molar-refractivity contribution < 1.29 is 9.90 Å². The van der Waals surface area contributed by atoms with E-state index in [4.69, 9.17) is 23.2 Å². The zero-order valence-electron chi connectivity index (χ0n) is 13.7. The van der Waals surface area contributed by atoms with Crippen LogP contribution in [-0.4, -0.2) is 17.2 Å². The summed E-state index contributed by atoms with van der Waals surface area (Å²) in [6.45, 7) is 0. The average molecular weight is 415 g/mol. The standard InChI is InChI=1S/C20H12Cl2N2O2S/c21-12-6-7-14-17(9-12)27-19(18(14)22)20(26)24-23-10-15-13-4-2-1-3-11(13)5-8-16(15)25/h1-10,25H,(H,24,26). The van der Waals surface area contributed by atoms with Crippen LogP contribution in [0.4, 0.5) is 0 Å². The number of rotatable bonds is 3. The molecule has 1 heterocycles. The number of carbonyl (C=O) groups excluding carboxylic acids is 1. The number of hydrazone groups is 1. The van der Waals surface area contributed by atoms with Crippen molar-refractivity contribution in [2.45, 2.75) is 0 Å². The topological polar surface area (TPSA) is 61.7 Å². The van der Waals surface area contributed by atoms with E-state index in [0.717, 1.165) is 20.9 Å². The summed E-state index contributed by atoms with van der Waals surface area (Å²) < 4.78 is 0.827. The van der Waals surface area contributed by atoms with Crippen molar-refractivity contribution in [3.8, 4) is 5.75 Å². The number of fused-ring (bicyclic) bond motifs is 2. The van der Waals surface area contributed by atoms with Gasteiger partial charge in [0.25, 0.3) is 5.91 Å². The Morgan fingerprint density at radius 2 is 1.89 bits per heavy atom. The van der Waals surface area contributed by atoms with Gasteiger partial charge in [0, 0.05) is 20.7 Å². The van der Waals surface area contributed by atoms with Gasteiger partial charge < -0.3 is 5.11 Å². The largest absolute Gasteiger partial charge is 0.507 e. The molecule has 0 bridgehead atoms. The number of thiophene rings is 1. The van der Waals surface area contributed by atoms with Gasteiger partial charge in [0.2, 0.25) is 0 Å². The summed E-state index contributed by atoms with van der Waals surface area (Å²) in [5.41, 5.74) is 3.00. The van der Waals surface area contributed by atoms with E-state index in [9.17, 15) is 9.90 Å². The Kier molecular flexibility index (Phi) is 4.74. The molecule has 3 aromatic carbocycles. The van der Waals surface area contributed by atoms with E-state index < -0.39 is 5.91 Å². The second kappa shape index (κ2) is 7.19. The van der Waals surface area contributed by atoms with Crippen LogP contribution in [-0.2, 0) is 0 Å². The van der Waals surface area contributed by atoms with Crippen molar-refractivity contribution in [3.05, 3.63) is 75.1 Å². The number of hydrogen-bond donors (Lipinski definition) is 2. The van der Waals surface area contributed by atoms with E-state index in [2.05, 4.69) is 10.5 Å². The third-order valence-corrected chi connectivity index (χ3v) is 6.00. The van der Waals surface area contributed by atoms with Crippen molar-refractivity contribution in [2.24, 2.45) is 5.10 Å². The van der Waals surface area contributed by atoms with Crippen LogP contribution in [0.15, 0.2) is 59.7 Å². The van der Waals surface area contributed by atoms with Crippen molar-refractivity contribution in [1.82, 2.24) is 5.43 Å². The van der Waals surface area contributed by atoms with Gasteiger partial charge in [0.1, 0.15) is 10.6 Å². The second-order valence-corrected chi connectivity index (χ2v) is 7.67. The van der Waals surface area contributed by atoms with Gasteiger partial charge in [-0.15, -0.1) is 11.3 Å². The molecule has 0 radical (unpaired) electrons. The number of amides is 1. The quantitative estimate of drug-likeness (QED) is 0.327. The SMILES string of the molecule is O=C(NN=Cc1c(O)ccc2ccccc12)c1sc2cc(Cl)ccc2c1Cl. The Morgan fingerprint density at radius 1 is 1.07 bits per heavy atom. The number of phenols is 1. The van der Waals surface area contributed by atoms with Crippen molar-refractivity contribution in [1.29, 1.82) is 0 Å². The van der Waals surface area contributed by atoms with Crippen LogP contribution in [0.25, 0.3) is 20.9 Å². The molecule has 1 amide bonds. The van der Waals surface area contributed by atoms with E-state index >= 15 is 0 Å². The first-order valence-electron chi connectivity index (χ1n) is 7.96. The Hall–Kier alpha value is -2.60. The van der Waals surface area contributed by atoms with E-state index in [1.807, 2.05) is 30.3 Å². The Bertz CT molecular complexity index is 1220. The molecular formula is C20H12Cl2N2O2S. The average Bonchev–Trinajstić information content (AvgIpc) is 2.99. The molecule has 0 aliphatic carbocycles. The Labute approximate surface area is 168 Å². The van der Waals surface area contributed by atoms with Crippen LogP contribution in [0.1, 0.15) is 15.2 Å².